The molecule has 8 heteroatoms. The largest absolute Gasteiger partial charge is 0.497 e. The lowest BCUT2D eigenvalue weighted by molar-refractivity contribution is 0.102. The molecule has 0 aliphatic heterocycles. The molecule has 0 aliphatic carbocycles. The quantitative estimate of drug-likeness (QED) is 0.801. The minimum atomic E-state index is -3.40. The van der Waals surface area contributed by atoms with Gasteiger partial charge in [0.1, 0.15) is 11.5 Å². The number of methoxy groups -OCH3 is 2. The number of rotatable bonds is 7. The fourth-order valence-corrected chi connectivity index (χ4v) is 3.12. The summed E-state index contributed by atoms with van der Waals surface area (Å²) in [7, 11) is 1.09. The van der Waals surface area contributed by atoms with E-state index in [4.69, 9.17) is 9.47 Å². The maximum atomic E-state index is 12.6. The Balaban J connectivity index is 2.27. The van der Waals surface area contributed by atoms with Crippen molar-refractivity contribution in [3.05, 3.63) is 48.0 Å². The number of sulfonamides is 1. The standard InChI is InChI=1S/C18H22N2O5S/c1-5-26(22,23)20(2)14-8-6-7-13(11-14)18(21)19-16-10-9-15(24-3)12-17(16)25-4/h6-12H,5H2,1-4H3,(H,19,21). The van der Waals surface area contributed by atoms with Crippen LogP contribution in [-0.2, 0) is 10.0 Å². The van der Waals surface area contributed by atoms with E-state index in [0.717, 1.165) is 4.31 Å². The summed E-state index contributed by atoms with van der Waals surface area (Å²) >= 11 is 0. The van der Waals surface area contributed by atoms with Crippen LogP contribution < -0.4 is 19.1 Å². The zero-order chi connectivity index (χ0) is 19.3. The first-order valence-corrected chi connectivity index (χ1v) is 9.53. The summed E-state index contributed by atoms with van der Waals surface area (Å²) in [6.07, 6.45) is 0. The SMILES string of the molecule is CCS(=O)(=O)N(C)c1cccc(C(=O)Nc2ccc(OC)cc2OC)c1. The highest BCUT2D eigenvalue weighted by Gasteiger charge is 2.17. The normalized spacial score (nSPS) is 10.9. The summed E-state index contributed by atoms with van der Waals surface area (Å²) in [6, 6.07) is 11.5. The smallest absolute Gasteiger partial charge is 0.255 e. The maximum Gasteiger partial charge on any atom is 0.255 e. The van der Waals surface area contributed by atoms with Crippen molar-refractivity contribution < 1.29 is 22.7 Å². The molecule has 0 radical (unpaired) electrons. The van der Waals surface area contributed by atoms with Crippen LogP contribution >= 0.6 is 0 Å². The van der Waals surface area contributed by atoms with Crippen molar-refractivity contribution >= 4 is 27.3 Å². The summed E-state index contributed by atoms with van der Waals surface area (Å²) in [4.78, 5) is 12.6. The van der Waals surface area contributed by atoms with Crippen LogP contribution in [0.3, 0.4) is 0 Å². The Morgan fingerprint density at radius 3 is 2.46 bits per heavy atom. The molecule has 0 aromatic heterocycles. The molecule has 2 aromatic rings. The van der Waals surface area contributed by atoms with Gasteiger partial charge in [0.15, 0.2) is 0 Å². The van der Waals surface area contributed by atoms with Gasteiger partial charge in [0.25, 0.3) is 5.91 Å². The van der Waals surface area contributed by atoms with E-state index in [2.05, 4.69) is 5.32 Å². The van der Waals surface area contributed by atoms with Gasteiger partial charge in [-0.1, -0.05) is 6.07 Å². The highest BCUT2D eigenvalue weighted by molar-refractivity contribution is 7.92. The van der Waals surface area contributed by atoms with Crippen LogP contribution in [0.5, 0.6) is 11.5 Å². The number of carbonyl (C=O) groups excluding carboxylic acids is 1. The first kappa shape index (κ1) is 19.6. The van der Waals surface area contributed by atoms with Crippen molar-refractivity contribution in [3.8, 4) is 11.5 Å². The van der Waals surface area contributed by atoms with Gasteiger partial charge in [-0.15, -0.1) is 0 Å². The second-order valence-corrected chi connectivity index (χ2v) is 7.73. The molecule has 0 aliphatic rings. The average Bonchev–Trinajstić information content (AvgIpc) is 2.67. The summed E-state index contributed by atoms with van der Waals surface area (Å²) < 4.78 is 35.6. The van der Waals surface area contributed by atoms with E-state index in [1.807, 2.05) is 0 Å². The molecule has 140 valence electrons. The minimum Gasteiger partial charge on any atom is -0.497 e. The Morgan fingerprint density at radius 1 is 1.12 bits per heavy atom. The number of benzene rings is 2. The van der Waals surface area contributed by atoms with Gasteiger partial charge in [0.2, 0.25) is 10.0 Å². The van der Waals surface area contributed by atoms with Gasteiger partial charge < -0.3 is 14.8 Å². The third-order valence-electron chi connectivity index (χ3n) is 3.91. The topological polar surface area (TPSA) is 84.9 Å². The minimum absolute atomic E-state index is 0.0248. The van der Waals surface area contributed by atoms with Crippen LogP contribution in [0.2, 0.25) is 0 Å². The van der Waals surface area contributed by atoms with Crippen molar-refractivity contribution in [3.63, 3.8) is 0 Å². The zero-order valence-electron chi connectivity index (χ0n) is 15.1. The molecule has 0 fully saturated rings. The molecular weight excluding hydrogens is 356 g/mol. The number of amides is 1. The number of nitrogens with zero attached hydrogens (tertiary/aromatic N) is 1. The van der Waals surface area contributed by atoms with Crippen LogP contribution in [-0.4, -0.2) is 41.3 Å². The first-order valence-electron chi connectivity index (χ1n) is 7.92. The van der Waals surface area contributed by atoms with E-state index >= 15 is 0 Å². The van der Waals surface area contributed by atoms with Crippen LogP contribution in [0, 0.1) is 0 Å². The van der Waals surface area contributed by atoms with Crippen molar-refractivity contribution in [1.82, 2.24) is 0 Å². The third-order valence-corrected chi connectivity index (χ3v) is 5.69. The van der Waals surface area contributed by atoms with Gasteiger partial charge in [-0.2, -0.15) is 0 Å². The molecule has 0 heterocycles. The van der Waals surface area contributed by atoms with Gasteiger partial charge in [0.05, 0.1) is 31.3 Å². The number of hydrogen-bond donors (Lipinski definition) is 1. The molecule has 0 atom stereocenters. The fourth-order valence-electron chi connectivity index (χ4n) is 2.29. The Kier molecular flexibility index (Phi) is 6.10. The Morgan fingerprint density at radius 2 is 1.85 bits per heavy atom. The lowest BCUT2D eigenvalue weighted by atomic mass is 10.1. The second kappa shape index (κ2) is 8.09. The van der Waals surface area contributed by atoms with Crippen LogP contribution in [0.15, 0.2) is 42.5 Å². The predicted octanol–water partition coefficient (Wildman–Crippen LogP) is 2.74. The van der Waals surface area contributed by atoms with Gasteiger partial charge >= 0.3 is 0 Å². The maximum absolute atomic E-state index is 12.6. The van der Waals surface area contributed by atoms with E-state index in [-0.39, 0.29) is 11.7 Å². The van der Waals surface area contributed by atoms with Crippen molar-refractivity contribution in [2.45, 2.75) is 6.92 Å². The van der Waals surface area contributed by atoms with E-state index < -0.39 is 10.0 Å². The number of nitrogens with one attached hydrogen (secondary N) is 1. The zero-order valence-corrected chi connectivity index (χ0v) is 16.0. The van der Waals surface area contributed by atoms with Crippen LogP contribution in [0.25, 0.3) is 0 Å². The van der Waals surface area contributed by atoms with Crippen molar-refractivity contribution in [1.29, 1.82) is 0 Å². The summed E-state index contributed by atoms with van der Waals surface area (Å²) in [6.45, 7) is 1.57. The van der Waals surface area contributed by atoms with Crippen LogP contribution in [0.4, 0.5) is 11.4 Å². The van der Waals surface area contributed by atoms with Crippen molar-refractivity contribution in [2.24, 2.45) is 0 Å². The van der Waals surface area contributed by atoms with E-state index in [1.54, 1.807) is 50.4 Å². The lowest BCUT2D eigenvalue weighted by Crippen LogP contribution is -2.28. The van der Waals surface area contributed by atoms with Gasteiger partial charge in [0, 0.05) is 18.7 Å². The highest BCUT2D eigenvalue weighted by Crippen LogP contribution is 2.29. The number of carbonyl (C=O) groups is 1. The number of hydrogen-bond acceptors (Lipinski definition) is 5. The second-order valence-electron chi connectivity index (χ2n) is 5.44. The molecule has 26 heavy (non-hydrogen) atoms. The summed E-state index contributed by atoms with van der Waals surface area (Å²) in [5.74, 6) is 0.661. The van der Waals surface area contributed by atoms with Gasteiger partial charge in [-0.3, -0.25) is 9.10 Å². The van der Waals surface area contributed by atoms with Gasteiger partial charge in [-0.25, -0.2) is 8.42 Å². The molecule has 2 rings (SSSR count). The molecular formula is C18H22N2O5S. The average molecular weight is 378 g/mol. The molecule has 7 nitrogen and oxygen atoms in total. The molecule has 1 amide bonds. The van der Waals surface area contributed by atoms with Crippen LogP contribution in [0.1, 0.15) is 17.3 Å². The Bertz CT molecular complexity index is 896. The van der Waals surface area contributed by atoms with E-state index in [0.29, 0.717) is 28.4 Å². The van der Waals surface area contributed by atoms with Gasteiger partial charge in [-0.05, 0) is 37.3 Å². The number of ether oxygens (including phenoxy) is 2. The molecule has 0 spiro atoms. The molecule has 0 unspecified atom stereocenters. The monoisotopic (exact) mass is 378 g/mol. The fraction of sp³-hybridized carbons (Fsp3) is 0.278. The van der Waals surface area contributed by atoms with E-state index in [9.17, 15) is 13.2 Å². The lowest BCUT2D eigenvalue weighted by Gasteiger charge is -2.19. The third kappa shape index (κ3) is 4.26. The molecule has 0 bridgehead atoms. The summed E-state index contributed by atoms with van der Waals surface area (Å²) in [5, 5.41) is 2.76. The highest BCUT2D eigenvalue weighted by atomic mass is 32.2. The number of anilines is 2. The summed E-state index contributed by atoms with van der Waals surface area (Å²) in [5.41, 5.74) is 1.23. The Labute approximate surface area is 153 Å². The molecule has 2 aromatic carbocycles. The van der Waals surface area contributed by atoms with Crippen molar-refractivity contribution in [2.75, 3.05) is 36.6 Å². The van der Waals surface area contributed by atoms with E-state index in [1.165, 1.54) is 20.2 Å². The molecule has 1 N–H and O–H groups in total. The molecule has 0 saturated heterocycles. The predicted molar refractivity (Wildman–Crippen MR) is 102 cm³/mol. The Hall–Kier alpha value is -2.74. The molecule has 0 saturated carbocycles. The first-order chi connectivity index (χ1) is 12.3.